The first-order chi connectivity index (χ1) is 13.8. The molecule has 0 saturated carbocycles. The first-order valence-corrected chi connectivity index (χ1v) is 10.2. The van der Waals surface area contributed by atoms with Crippen LogP contribution in [0.2, 0.25) is 0 Å². The molecule has 3 rings (SSSR count). The maximum Gasteiger partial charge on any atom is 0.573 e. The molecular weight excluding hydrogens is 407 g/mol. The monoisotopic (exact) mass is 427 g/mol. The van der Waals surface area contributed by atoms with Gasteiger partial charge in [0.25, 0.3) is 11.5 Å². The third-order valence-corrected chi connectivity index (χ3v) is 5.30. The molecule has 29 heavy (non-hydrogen) atoms. The lowest BCUT2D eigenvalue weighted by Gasteiger charge is -2.14. The highest BCUT2D eigenvalue weighted by molar-refractivity contribution is 7.99. The van der Waals surface area contributed by atoms with Crippen molar-refractivity contribution < 1.29 is 22.7 Å². The summed E-state index contributed by atoms with van der Waals surface area (Å²) in [7, 11) is 0. The van der Waals surface area contributed by atoms with Crippen molar-refractivity contribution in [3.05, 3.63) is 51.4 Å². The Labute approximate surface area is 169 Å². The molecule has 10 heteroatoms. The number of aromatic nitrogens is 2. The summed E-state index contributed by atoms with van der Waals surface area (Å²) in [5.41, 5.74) is 1.66. The lowest BCUT2D eigenvalue weighted by molar-refractivity contribution is -0.274. The summed E-state index contributed by atoms with van der Waals surface area (Å²) in [4.78, 5) is 31.5. The number of halogens is 3. The van der Waals surface area contributed by atoms with Gasteiger partial charge in [-0.05, 0) is 50.3 Å². The second-order valence-corrected chi connectivity index (χ2v) is 7.62. The number of benzene rings is 1. The number of fused-ring (bicyclic) bond motifs is 1. The van der Waals surface area contributed by atoms with E-state index >= 15 is 0 Å². The number of nitrogens with zero attached hydrogens (tertiary/aromatic N) is 1. The molecule has 0 fully saturated rings. The Kier molecular flexibility index (Phi) is 6.83. The molecule has 1 amide bonds. The van der Waals surface area contributed by atoms with Crippen LogP contribution in [-0.4, -0.2) is 34.5 Å². The van der Waals surface area contributed by atoms with Crippen LogP contribution in [0.3, 0.4) is 0 Å². The van der Waals surface area contributed by atoms with Crippen molar-refractivity contribution in [3.63, 3.8) is 0 Å². The van der Waals surface area contributed by atoms with Crippen LogP contribution in [0.25, 0.3) is 0 Å². The number of aryl methyl sites for hydroxylation is 1. The predicted octanol–water partition coefficient (Wildman–Crippen LogP) is 3.46. The zero-order chi connectivity index (χ0) is 20.9. The van der Waals surface area contributed by atoms with Crippen molar-refractivity contribution in [3.8, 4) is 5.75 Å². The Bertz CT molecular complexity index is 931. The average Bonchev–Trinajstić information content (AvgIpc) is 2.66. The molecule has 156 valence electrons. The van der Waals surface area contributed by atoms with E-state index in [1.165, 1.54) is 23.9 Å². The van der Waals surface area contributed by atoms with Crippen LogP contribution in [-0.2, 0) is 12.8 Å². The van der Waals surface area contributed by atoms with Crippen molar-refractivity contribution in [1.82, 2.24) is 15.3 Å². The maximum absolute atomic E-state index is 12.3. The largest absolute Gasteiger partial charge is 0.573 e. The van der Waals surface area contributed by atoms with Crippen LogP contribution in [0.15, 0.2) is 34.2 Å². The highest BCUT2D eigenvalue weighted by Gasteiger charge is 2.31. The Hall–Kier alpha value is -2.49. The minimum absolute atomic E-state index is 0.0774. The standard InChI is InChI=1S/C19H20F3N3O3S/c20-19(21,22)28-13-6-3-5-12(11-13)16(26)23-9-4-10-29-18-24-15-8-2-1-7-14(15)17(27)25-18/h3,5-6,11H,1-2,4,7-10H2,(H,23,26)(H,24,25,27). The zero-order valence-corrected chi connectivity index (χ0v) is 16.3. The van der Waals surface area contributed by atoms with E-state index in [0.717, 1.165) is 49.1 Å². The third kappa shape index (κ3) is 6.25. The van der Waals surface area contributed by atoms with Crippen molar-refractivity contribution in [2.75, 3.05) is 12.3 Å². The molecule has 2 N–H and O–H groups in total. The lowest BCUT2D eigenvalue weighted by Crippen LogP contribution is -2.25. The SMILES string of the molecule is O=C(NCCCSc1nc2c(c(=O)[nH]1)CCCC2)c1cccc(OC(F)(F)F)c1. The first-order valence-electron chi connectivity index (χ1n) is 9.21. The summed E-state index contributed by atoms with van der Waals surface area (Å²) in [6.45, 7) is 0.339. The number of hydrogen-bond acceptors (Lipinski definition) is 5. The van der Waals surface area contributed by atoms with Crippen LogP contribution in [0.4, 0.5) is 13.2 Å². The highest BCUT2D eigenvalue weighted by atomic mass is 32.2. The molecule has 0 spiro atoms. The third-order valence-electron chi connectivity index (χ3n) is 4.35. The first kappa shape index (κ1) is 21.2. The van der Waals surface area contributed by atoms with E-state index in [-0.39, 0.29) is 11.1 Å². The molecule has 1 heterocycles. The Morgan fingerprint density at radius 1 is 1.28 bits per heavy atom. The lowest BCUT2D eigenvalue weighted by atomic mass is 9.97. The summed E-state index contributed by atoms with van der Waals surface area (Å²) in [6.07, 6.45) is -0.568. The topological polar surface area (TPSA) is 84.1 Å². The number of aromatic amines is 1. The van der Waals surface area contributed by atoms with Gasteiger partial charge in [0.2, 0.25) is 0 Å². The number of rotatable bonds is 7. The molecule has 0 radical (unpaired) electrons. The molecule has 1 aliphatic rings. The number of ether oxygens (including phenoxy) is 1. The molecule has 2 aromatic rings. The summed E-state index contributed by atoms with van der Waals surface area (Å²) >= 11 is 1.40. The molecule has 0 atom stereocenters. The van der Waals surface area contributed by atoms with Crippen molar-refractivity contribution >= 4 is 17.7 Å². The number of nitrogens with one attached hydrogen (secondary N) is 2. The average molecular weight is 427 g/mol. The summed E-state index contributed by atoms with van der Waals surface area (Å²) < 4.78 is 40.6. The second kappa shape index (κ2) is 9.34. The van der Waals surface area contributed by atoms with Crippen molar-refractivity contribution in [2.24, 2.45) is 0 Å². The van der Waals surface area contributed by atoms with E-state index in [4.69, 9.17) is 0 Å². The molecule has 1 aromatic heterocycles. The molecule has 0 bridgehead atoms. The Balaban J connectivity index is 1.45. The second-order valence-electron chi connectivity index (χ2n) is 6.54. The fourth-order valence-electron chi connectivity index (χ4n) is 3.03. The predicted molar refractivity (Wildman–Crippen MR) is 102 cm³/mol. The number of hydrogen-bond donors (Lipinski definition) is 2. The fourth-order valence-corrected chi connectivity index (χ4v) is 3.85. The molecule has 0 unspecified atom stereocenters. The molecule has 0 aliphatic heterocycles. The van der Waals surface area contributed by atoms with Crippen LogP contribution >= 0.6 is 11.8 Å². The van der Waals surface area contributed by atoms with Crippen molar-refractivity contribution in [1.29, 1.82) is 0 Å². The normalized spacial score (nSPS) is 13.6. The minimum atomic E-state index is -4.81. The molecule has 1 aromatic carbocycles. The maximum atomic E-state index is 12.3. The molecule has 1 aliphatic carbocycles. The fraction of sp³-hybridized carbons (Fsp3) is 0.421. The van der Waals surface area contributed by atoms with Crippen LogP contribution < -0.4 is 15.6 Å². The van der Waals surface area contributed by atoms with Crippen molar-refractivity contribution in [2.45, 2.75) is 43.6 Å². The van der Waals surface area contributed by atoms with Gasteiger partial charge >= 0.3 is 6.36 Å². The smallest absolute Gasteiger partial charge is 0.406 e. The number of H-pyrrole nitrogens is 1. The number of carbonyl (C=O) groups excluding carboxylic acids is 1. The highest BCUT2D eigenvalue weighted by Crippen LogP contribution is 2.23. The summed E-state index contributed by atoms with van der Waals surface area (Å²) in [5.74, 6) is -0.301. The quantitative estimate of drug-likeness (QED) is 0.402. The van der Waals surface area contributed by atoms with Crippen LogP contribution in [0, 0.1) is 0 Å². The molecule has 0 saturated heterocycles. The van der Waals surface area contributed by atoms with Gasteiger partial charge in [0, 0.05) is 23.4 Å². The van der Waals surface area contributed by atoms with E-state index in [9.17, 15) is 22.8 Å². The Morgan fingerprint density at radius 3 is 2.86 bits per heavy atom. The van der Waals surface area contributed by atoms with Gasteiger partial charge in [0.1, 0.15) is 5.75 Å². The van der Waals surface area contributed by atoms with Gasteiger partial charge in [0.05, 0.1) is 5.69 Å². The van der Waals surface area contributed by atoms with Gasteiger partial charge in [-0.2, -0.15) is 0 Å². The summed E-state index contributed by atoms with van der Waals surface area (Å²) in [6, 6.07) is 4.91. The van der Waals surface area contributed by atoms with E-state index in [1.54, 1.807) is 0 Å². The van der Waals surface area contributed by atoms with Gasteiger partial charge in [-0.25, -0.2) is 4.98 Å². The van der Waals surface area contributed by atoms with E-state index in [0.29, 0.717) is 23.9 Å². The number of alkyl halides is 3. The Morgan fingerprint density at radius 2 is 2.07 bits per heavy atom. The van der Waals surface area contributed by atoms with Gasteiger partial charge < -0.3 is 15.0 Å². The van der Waals surface area contributed by atoms with E-state index in [1.807, 2.05) is 0 Å². The van der Waals surface area contributed by atoms with Gasteiger partial charge in [0.15, 0.2) is 5.16 Å². The number of thioether (sulfide) groups is 1. The zero-order valence-electron chi connectivity index (χ0n) is 15.5. The van der Waals surface area contributed by atoms with Gasteiger partial charge in [-0.1, -0.05) is 17.8 Å². The van der Waals surface area contributed by atoms with Gasteiger partial charge in [-0.15, -0.1) is 13.2 Å². The number of carbonyl (C=O) groups is 1. The molecule has 6 nitrogen and oxygen atoms in total. The molecular formula is C19H20F3N3O3S. The van der Waals surface area contributed by atoms with E-state index in [2.05, 4.69) is 20.0 Å². The van der Waals surface area contributed by atoms with Crippen LogP contribution in [0.1, 0.15) is 40.9 Å². The summed E-state index contributed by atoms with van der Waals surface area (Å²) in [5, 5.41) is 3.22. The number of amides is 1. The van der Waals surface area contributed by atoms with E-state index < -0.39 is 18.0 Å². The van der Waals surface area contributed by atoms with Gasteiger partial charge in [-0.3, -0.25) is 9.59 Å². The van der Waals surface area contributed by atoms with Crippen LogP contribution in [0.5, 0.6) is 5.75 Å². The minimum Gasteiger partial charge on any atom is -0.406 e.